The summed E-state index contributed by atoms with van der Waals surface area (Å²) in [5.74, 6) is 0.992. The molecule has 0 unspecified atom stereocenters. The summed E-state index contributed by atoms with van der Waals surface area (Å²) >= 11 is 1.90. The summed E-state index contributed by atoms with van der Waals surface area (Å²) in [7, 11) is -3.26. The maximum Gasteiger partial charge on any atom is 0.229 e. The van der Waals surface area contributed by atoms with Gasteiger partial charge in [-0.1, -0.05) is 26.8 Å². The zero-order valence-corrected chi connectivity index (χ0v) is 15.3. The summed E-state index contributed by atoms with van der Waals surface area (Å²) in [6.45, 7) is 10.6. The van der Waals surface area contributed by atoms with Crippen molar-refractivity contribution in [2.45, 2.75) is 45.4 Å². The van der Waals surface area contributed by atoms with Gasteiger partial charge < -0.3 is 5.32 Å². The first-order valence-electron chi connectivity index (χ1n) is 6.95. The number of nitrogens with one attached hydrogen (secondary N) is 2. The van der Waals surface area contributed by atoms with Crippen LogP contribution in [0.1, 0.15) is 33.3 Å². The molecule has 1 aromatic carbocycles. The molecule has 0 radical (unpaired) electrons. The highest BCUT2D eigenvalue weighted by molar-refractivity contribution is 8.00. The fourth-order valence-electron chi connectivity index (χ4n) is 1.72. The van der Waals surface area contributed by atoms with E-state index in [4.69, 9.17) is 0 Å². The molecule has 0 saturated heterocycles. The van der Waals surface area contributed by atoms with Crippen molar-refractivity contribution in [3.8, 4) is 0 Å². The quantitative estimate of drug-likeness (QED) is 0.835. The van der Waals surface area contributed by atoms with Crippen molar-refractivity contribution in [3.63, 3.8) is 0 Å². The lowest BCUT2D eigenvalue weighted by Gasteiger charge is -2.22. The van der Waals surface area contributed by atoms with Crippen LogP contribution in [0.15, 0.2) is 18.2 Å². The number of hydrogen-bond donors (Lipinski definition) is 2. The molecule has 0 aliphatic heterocycles. The number of benzene rings is 1. The van der Waals surface area contributed by atoms with Crippen LogP contribution < -0.4 is 10.0 Å². The molecule has 2 N–H and O–H groups in total. The molecule has 120 valence electrons. The molecule has 1 atom stereocenters. The van der Waals surface area contributed by atoms with Crippen molar-refractivity contribution in [2.75, 3.05) is 22.0 Å². The van der Waals surface area contributed by atoms with Crippen molar-refractivity contribution in [2.24, 2.45) is 0 Å². The predicted octanol–water partition coefficient (Wildman–Crippen LogP) is 3.70. The Morgan fingerprint density at radius 2 is 1.90 bits per heavy atom. The van der Waals surface area contributed by atoms with E-state index in [0.29, 0.717) is 11.7 Å². The second-order valence-electron chi connectivity index (χ2n) is 6.37. The largest absolute Gasteiger partial charge is 0.382 e. The Morgan fingerprint density at radius 1 is 1.29 bits per heavy atom. The van der Waals surface area contributed by atoms with E-state index in [1.54, 1.807) is 0 Å². The molecule has 0 aliphatic carbocycles. The predicted molar refractivity (Wildman–Crippen MR) is 94.9 cm³/mol. The van der Waals surface area contributed by atoms with Gasteiger partial charge in [0.1, 0.15) is 0 Å². The summed E-state index contributed by atoms with van der Waals surface area (Å²) < 4.78 is 25.5. The SMILES string of the molecule is Cc1ccc(N[C@@H](C)CSC(C)(C)C)cc1NS(C)(=O)=O. The lowest BCUT2D eigenvalue weighted by molar-refractivity contribution is 0.607. The van der Waals surface area contributed by atoms with Crippen molar-refractivity contribution in [3.05, 3.63) is 23.8 Å². The van der Waals surface area contributed by atoms with Gasteiger partial charge in [-0.2, -0.15) is 11.8 Å². The number of thioether (sulfide) groups is 1. The van der Waals surface area contributed by atoms with Gasteiger partial charge in [0, 0.05) is 22.2 Å². The van der Waals surface area contributed by atoms with Crippen LogP contribution in [0.4, 0.5) is 11.4 Å². The molecule has 0 fully saturated rings. The molecule has 0 aromatic heterocycles. The summed E-state index contributed by atoms with van der Waals surface area (Å²) in [6, 6.07) is 6.04. The molecule has 0 bridgehead atoms. The molecule has 21 heavy (non-hydrogen) atoms. The van der Waals surface area contributed by atoms with Gasteiger partial charge in [0.15, 0.2) is 0 Å². The zero-order valence-electron chi connectivity index (χ0n) is 13.6. The molecule has 0 saturated carbocycles. The smallest absolute Gasteiger partial charge is 0.229 e. The Labute approximate surface area is 133 Å². The van der Waals surface area contributed by atoms with Crippen LogP contribution in [0.2, 0.25) is 0 Å². The molecule has 0 aliphatic rings. The first-order chi connectivity index (χ1) is 9.46. The second kappa shape index (κ2) is 6.92. The van der Waals surface area contributed by atoms with Gasteiger partial charge in [0.25, 0.3) is 0 Å². The molecule has 0 amide bonds. The summed E-state index contributed by atoms with van der Waals surface area (Å²) in [5.41, 5.74) is 2.45. The van der Waals surface area contributed by atoms with Gasteiger partial charge in [-0.3, -0.25) is 4.72 Å². The third-order valence-corrected chi connectivity index (χ3v) is 4.84. The van der Waals surface area contributed by atoms with Gasteiger partial charge in [-0.25, -0.2) is 8.42 Å². The van der Waals surface area contributed by atoms with Crippen molar-refractivity contribution in [1.82, 2.24) is 0 Å². The van der Waals surface area contributed by atoms with Crippen molar-refractivity contribution in [1.29, 1.82) is 0 Å². The average molecular weight is 331 g/mol. The van der Waals surface area contributed by atoms with Crippen LogP contribution in [-0.4, -0.2) is 31.2 Å². The minimum Gasteiger partial charge on any atom is -0.382 e. The fraction of sp³-hybridized carbons (Fsp3) is 0.600. The number of hydrogen-bond acceptors (Lipinski definition) is 4. The summed E-state index contributed by atoms with van der Waals surface area (Å²) in [4.78, 5) is 0. The Balaban J connectivity index is 2.74. The topological polar surface area (TPSA) is 58.2 Å². The Bertz CT molecular complexity index is 578. The maximum atomic E-state index is 11.4. The zero-order chi connectivity index (χ0) is 16.3. The summed E-state index contributed by atoms with van der Waals surface area (Å²) in [6.07, 6.45) is 1.16. The Morgan fingerprint density at radius 3 is 2.43 bits per heavy atom. The van der Waals surface area contributed by atoms with Gasteiger partial charge in [0.2, 0.25) is 10.0 Å². The molecule has 6 heteroatoms. The normalized spacial score (nSPS) is 13.8. The molecule has 1 aromatic rings. The highest BCUT2D eigenvalue weighted by Crippen LogP contribution is 2.26. The molecular formula is C15H26N2O2S2. The van der Waals surface area contributed by atoms with E-state index >= 15 is 0 Å². The van der Waals surface area contributed by atoms with E-state index in [2.05, 4.69) is 37.7 Å². The minimum absolute atomic E-state index is 0.242. The molecular weight excluding hydrogens is 304 g/mol. The highest BCUT2D eigenvalue weighted by atomic mass is 32.2. The monoisotopic (exact) mass is 330 g/mol. The van der Waals surface area contributed by atoms with E-state index in [1.165, 1.54) is 0 Å². The van der Waals surface area contributed by atoms with Crippen LogP contribution in [0.5, 0.6) is 0 Å². The lowest BCUT2D eigenvalue weighted by Crippen LogP contribution is -2.22. The van der Waals surface area contributed by atoms with E-state index in [1.807, 2.05) is 36.9 Å². The van der Waals surface area contributed by atoms with E-state index in [0.717, 1.165) is 23.3 Å². The molecule has 0 spiro atoms. The van der Waals surface area contributed by atoms with Crippen LogP contribution >= 0.6 is 11.8 Å². The standard InChI is InChI=1S/C15H26N2O2S2/c1-11-7-8-13(9-14(11)17-21(6,18)19)16-12(2)10-20-15(3,4)5/h7-9,12,16-17H,10H2,1-6H3/t12-/m0/s1. The van der Waals surface area contributed by atoms with Crippen LogP contribution in [0.3, 0.4) is 0 Å². The number of aryl methyl sites for hydroxylation is 1. The van der Waals surface area contributed by atoms with Crippen molar-refractivity contribution >= 4 is 33.2 Å². The van der Waals surface area contributed by atoms with Gasteiger partial charge in [-0.15, -0.1) is 0 Å². The van der Waals surface area contributed by atoms with Gasteiger partial charge in [0.05, 0.1) is 11.9 Å². The van der Waals surface area contributed by atoms with Gasteiger partial charge >= 0.3 is 0 Å². The maximum absolute atomic E-state index is 11.4. The number of sulfonamides is 1. The van der Waals surface area contributed by atoms with E-state index < -0.39 is 10.0 Å². The first kappa shape index (κ1) is 18.2. The van der Waals surface area contributed by atoms with Gasteiger partial charge in [-0.05, 0) is 31.5 Å². The van der Waals surface area contributed by atoms with Crippen LogP contribution in [-0.2, 0) is 10.0 Å². The molecule has 1 rings (SSSR count). The Kier molecular flexibility index (Phi) is 5.99. The molecule has 4 nitrogen and oxygen atoms in total. The third kappa shape index (κ3) is 7.62. The number of anilines is 2. The Hall–Kier alpha value is -0.880. The van der Waals surface area contributed by atoms with Crippen molar-refractivity contribution < 1.29 is 8.42 Å². The third-order valence-electron chi connectivity index (χ3n) is 2.71. The first-order valence-corrected chi connectivity index (χ1v) is 9.83. The fourth-order valence-corrected chi connectivity index (χ4v) is 3.18. The summed E-state index contributed by atoms with van der Waals surface area (Å²) in [5, 5.41) is 3.41. The number of rotatable bonds is 6. The van der Waals surface area contributed by atoms with E-state index in [9.17, 15) is 8.42 Å². The minimum atomic E-state index is -3.26. The average Bonchev–Trinajstić information content (AvgIpc) is 2.28. The van der Waals surface area contributed by atoms with Crippen LogP contribution in [0, 0.1) is 6.92 Å². The second-order valence-corrected chi connectivity index (χ2v) is 9.97. The van der Waals surface area contributed by atoms with E-state index in [-0.39, 0.29) is 4.75 Å². The van der Waals surface area contributed by atoms with Crippen LogP contribution in [0.25, 0.3) is 0 Å². The lowest BCUT2D eigenvalue weighted by atomic mass is 10.2. The highest BCUT2D eigenvalue weighted by Gasteiger charge is 2.13. The molecule has 0 heterocycles.